The van der Waals surface area contributed by atoms with Crippen LogP contribution in [0.15, 0.2) is 0 Å². The minimum atomic E-state index is -2.53. The summed E-state index contributed by atoms with van der Waals surface area (Å²) in [5, 5.41) is 2.79. The second-order valence-corrected chi connectivity index (χ2v) is 4.75. The molecule has 0 aromatic heterocycles. The molecule has 0 radical (unpaired) electrons. The quantitative estimate of drug-likeness (QED) is 0.640. The maximum Gasteiger partial charge on any atom is 0.267 e. The van der Waals surface area contributed by atoms with Crippen molar-refractivity contribution in [3.63, 3.8) is 0 Å². The van der Waals surface area contributed by atoms with Crippen LogP contribution >= 0.6 is 0 Å². The first-order valence-corrected chi connectivity index (χ1v) is 5.33. The zero-order chi connectivity index (χ0) is 10.2. The number of halogens is 2. The van der Waals surface area contributed by atoms with Gasteiger partial charge in [0.15, 0.2) is 0 Å². The summed E-state index contributed by atoms with van der Waals surface area (Å²) >= 11 is 0. The van der Waals surface area contributed by atoms with E-state index >= 15 is 0 Å². The minimum Gasteiger partial charge on any atom is -0.311 e. The molecule has 2 aliphatic rings. The first kappa shape index (κ1) is 10.3. The van der Waals surface area contributed by atoms with Crippen molar-refractivity contribution in [1.82, 2.24) is 10.2 Å². The topological polar surface area (TPSA) is 15.3 Å². The Balaban J connectivity index is 2.18. The van der Waals surface area contributed by atoms with Gasteiger partial charge < -0.3 is 10.2 Å². The van der Waals surface area contributed by atoms with Crippen LogP contribution < -0.4 is 5.32 Å². The predicted molar refractivity (Wildman–Crippen MR) is 51.6 cm³/mol. The summed E-state index contributed by atoms with van der Waals surface area (Å²) in [6.07, 6.45) is 2.21. The van der Waals surface area contributed by atoms with Gasteiger partial charge in [-0.3, -0.25) is 0 Å². The molecule has 82 valence electrons. The number of hydrogen-bond donors (Lipinski definition) is 1. The Bertz CT molecular complexity index is 216. The summed E-state index contributed by atoms with van der Waals surface area (Å²) in [6.45, 7) is 2.12. The molecule has 14 heavy (non-hydrogen) atoms. The molecule has 2 rings (SSSR count). The van der Waals surface area contributed by atoms with Crippen molar-refractivity contribution in [2.45, 2.75) is 25.2 Å². The normalized spacial score (nSPS) is 38.8. The van der Waals surface area contributed by atoms with Crippen LogP contribution in [0.1, 0.15) is 19.3 Å². The van der Waals surface area contributed by atoms with Gasteiger partial charge in [-0.2, -0.15) is 0 Å². The molecule has 2 nitrogen and oxygen atoms in total. The van der Waals surface area contributed by atoms with E-state index in [0.717, 1.165) is 19.5 Å². The van der Waals surface area contributed by atoms with Gasteiger partial charge in [0.25, 0.3) is 5.92 Å². The first-order chi connectivity index (χ1) is 6.56. The molecule has 1 N–H and O–H groups in total. The Morgan fingerprint density at radius 3 is 2.71 bits per heavy atom. The van der Waals surface area contributed by atoms with E-state index < -0.39 is 11.3 Å². The van der Waals surface area contributed by atoms with E-state index in [0.29, 0.717) is 19.4 Å². The molecule has 4 heteroatoms. The van der Waals surface area contributed by atoms with Gasteiger partial charge in [0.05, 0.1) is 6.54 Å². The molecular formula is C10H18F2N2. The maximum atomic E-state index is 13.8. The number of alkyl halides is 2. The lowest BCUT2D eigenvalue weighted by atomic mass is 9.70. The molecule has 2 aliphatic heterocycles. The van der Waals surface area contributed by atoms with E-state index in [2.05, 4.69) is 5.32 Å². The number of nitrogens with zero attached hydrogens (tertiary/aromatic N) is 1. The van der Waals surface area contributed by atoms with Crippen LogP contribution in [0.25, 0.3) is 0 Å². The van der Waals surface area contributed by atoms with E-state index in [1.165, 1.54) is 0 Å². The monoisotopic (exact) mass is 204 g/mol. The van der Waals surface area contributed by atoms with E-state index in [1.54, 1.807) is 0 Å². The van der Waals surface area contributed by atoms with Crippen molar-refractivity contribution < 1.29 is 8.78 Å². The third kappa shape index (κ3) is 1.54. The molecule has 2 saturated heterocycles. The highest BCUT2D eigenvalue weighted by Crippen LogP contribution is 2.47. The fraction of sp³-hybridized carbons (Fsp3) is 1.00. The standard InChI is InChI=1S/C10H18F2N2/c1-14-6-2-3-9(8-14)4-5-13-7-10(9,11)12/h13H,2-8H2,1H3. The van der Waals surface area contributed by atoms with Crippen molar-refractivity contribution in [2.75, 3.05) is 33.2 Å². The first-order valence-electron chi connectivity index (χ1n) is 5.33. The molecule has 2 heterocycles. The van der Waals surface area contributed by atoms with E-state index in [4.69, 9.17) is 0 Å². The Morgan fingerprint density at radius 1 is 1.29 bits per heavy atom. The number of piperidine rings is 2. The van der Waals surface area contributed by atoms with Crippen LogP contribution in [0, 0.1) is 5.41 Å². The summed E-state index contributed by atoms with van der Waals surface area (Å²) in [7, 11) is 1.94. The van der Waals surface area contributed by atoms with Gasteiger partial charge in [0.1, 0.15) is 0 Å². The minimum absolute atomic E-state index is 0.138. The SMILES string of the molecule is CN1CCCC2(CCNCC2(F)F)C1. The molecule has 2 fully saturated rings. The fourth-order valence-electron chi connectivity index (χ4n) is 2.81. The van der Waals surface area contributed by atoms with Gasteiger partial charge in [-0.25, -0.2) is 8.78 Å². The van der Waals surface area contributed by atoms with Crippen LogP contribution in [0.2, 0.25) is 0 Å². The fourth-order valence-corrected chi connectivity index (χ4v) is 2.81. The summed E-state index contributed by atoms with van der Waals surface area (Å²) in [6, 6.07) is 0. The summed E-state index contributed by atoms with van der Waals surface area (Å²) < 4.78 is 27.7. The maximum absolute atomic E-state index is 13.8. The Morgan fingerprint density at radius 2 is 2.07 bits per heavy atom. The van der Waals surface area contributed by atoms with Crippen LogP contribution in [-0.2, 0) is 0 Å². The van der Waals surface area contributed by atoms with Crippen LogP contribution in [0.4, 0.5) is 8.78 Å². The van der Waals surface area contributed by atoms with E-state index in [9.17, 15) is 8.78 Å². The molecule has 1 atom stereocenters. The Kier molecular flexibility index (Phi) is 2.52. The second-order valence-electron chi connectivity index (χ2n) is 4.75. The van der Waals surface area contributed by atoms with Gasteiger partial charge in [-0.15, -0.1) is 0 Å². The lowest BCUT2D eigenvalue weighted by Crippen LogP contribution is -2.60. The largest absolute Gasteiger partial charge is 0.311 e. The number of nitrogens with one attached hydrogen (secondary N) is 1. The summed E-state index contributed by atoms with van der Waals surface area (Å²) in [5.74, 6) is -2.53. The van der Waals surface area contributed by atoms with E-state index in [-0.39, 0.29) is 6.54 Å². The average molecular weight is 204 g/mol. The zero-order valence-electron chi connectivity index (χ0n) is 8.65. The Labute approximate surface area is 83.7 Å². The van der Waals surface area contributed by atoms with E-state index in [1.807, 2.05) is 11.9 Å². The van der Waals surface area contributed by atoms with Crippen molar-refractivity contribution in [3.05, 3.63) is 0 Å². The average Bonchev–Trinajstić information content (AvgIpc) is 2.11. The molecule has 1 spiro atoms. The van der Waals surface area contributed by atoms with Crippen LogP contribution in [0.5, 0.6) is 0 Å². The van der Waals surface area contributed by atoms with Crippen LogP contribution in [0.3, 0.4) is 0 Å². The summed E-state index contributed by atoms with van der Waals surface area (Å²) in [5.41, 5.74) is -0.745. The van der Waals surface area contributed by atoms with Crippen LogP contribution in [-0.4, -0.2) is 44.0 Å². The lowest BCUT2D eigenvalue weighted by molar-refractivity contribution is -0.161. The zero-order valence-corrected chi connectivity index (χ0v) is 8.65. The predicted octanol–water partition coefficient (Wildman–Crippen LogP) is 1.33. The van der Waals surface area contributed by atoms with Crippen molar-refractivity contribution in [1.29, 1.82) is 0 Å². The highest BCUT2D eigenvalue weighted by Gasteiger charge is 2.55. The van der Waals surface area contributed by atoms with Gasteiger partial charge in [-0.05, 0) is 39.4 Å². The van der Waals surface area contributed by atoms with Gasteiger partial charge in [0.2, 0.25) is 0 Å². The smallest absolute Gasteiger partial charge is 0.267 e. The molecular weight excluding hydrogens is 186 g/mol. The molecule has 0 aromatic carbocycles. The third-order valence-corrected chi connectivity index (χ3v) is 3.67. The van der Waals surface area contributed by atoms with Crippen molar-refractivity contribution in [2.24, 2.45) is 5.41 Å². The number of likely N-dealkylation sites (tertiary alicyclic amines) is 1. The molecule has 0 aromatic rings. The van der Waals surface area contributed by atoms with Gasteiger partial charge in [0, 0.05) is 12.0 Å². The number of hydrogen-bond acceptors (Lipinski definition) is 2. The van der Waals surface area contributed by atoms with Gasteiger partial charge in [-0.1, -0.05) is 0 Å². The highest BCUT2D eigenvalue weighted by atomic mass is 19.3. The van der Waals surface area contributed by atoms with Crippen molar-refractivity contribution in [3.8, 4) is 0 Å². The summed E-state index contributed by atoms with van der Waals surface area (Å²) in [4.78, 5) is 2.04. The Hall–Kier alpha value is -0.220. The third-order valence-electron chi connectivity index (χ3n) is 3.67. The lowest BCUT2D eigenvalue weighted by Gasteiger charge is -2.49. The van der Waals surface area contributed by atoms with Gasteiger partial charge >= 0.3 is 0 Å². The number of rotatable bonds is 0. The molecule has 0 saturated carbocycles. The molecule has 0 aliphatic carbocycles. The van der Waals surface area contributed by atoms with Crippen molar-refractivity contribution >= 4 is 0 Å². The molecule has 1 unspecified atom stereocenters. The molecule has 0 bridgehead atoms. The second kappa shape index (κ2) is 3.42. The molecule has 0 amide bonds. The highest BCUT2D eigenvalue weighted by molar-refractivity contribution is 5.00.